The minimum absolute atomic E-state index is 0.0197. The molecule has 0 aliphatic heterocycles. The lowest BCUT2D eigenvalue weighted by molar-refractivity contribution is -0.384. The molecule has 0 aliphatic carbocycles. The van der Waals surface area contributed by atoms with Gasteiger partial charge in [0.1, 0.15) is 17.6 Å². The average Bonchev–Trinajstić information content (AvgIpc) is 2.87. The van der Waals surface area contributed by atoms with E-state index in [0.29, 0.717) is 17.1 Å². The van der Waals surface area contributed by atoms with Gasteiger partial charge in [-0.15, -0.1) is 11.6 Å². The number of hydrogen-bond acceptors (Lipinski definition) is 4. The molecule has 18 heavy (non-hydrogen) atoms. The van der Waals surface area contributed by atoms with Crippen LogP contribution in [0.25, 0.3) is 11.3 Å². The van der Waals surface area contributed by atoms with Crippen molar-refractivity contribution in [3.8, 4) is 11.3 Å². The first kappa shape index (κ1) is 12.6. The van der Waals surface area contributed by atoms with Crippen LogP contribution in [0.4, 0.5) is 5.69 Å². The Balaban J connectivity index is 2.26. The molecule has 0 spiro atoms. The maximum absolute atomic E-state index is 10.5. The van der Waals surface area contributed by atoms with Crippen LogP contribution in [0.2, 0.25) is 0 Å². The Labute approximate surface area is 108 Å². The third-order valence-corrected chi connectivity index (χ3v) is 2.76. The maximum atomic E-state index is 10.5. The minimum Gasteiger partial charge on any atom is -0.458 e. The lowest BCUT2D eigenvalue weighted by Gasteiger charge is -2.01. The van der Waals surface area contributed by atoms with E-state index < -0.39 is 11.0 Å². The molecule has 0 fully saturated rings. The standard InChI is InChI=1S/C12H10ClNO4/c13-7-10(15)12-6-5-11(18-12)8-1-3-9(4-2-8)14(16)17/h1-6,10,15H,7H2. The van der Waals surface area contributed by atoms with Gasteiger partial charge in [-0.05, 0) is 24.3 Å². The fraction of sp³-hybridized carbons (Fsp3) is 0.167. The van der Waals surface area contributed by atoms with Crippen LogP contribution < -0.4 is 0 Å². The highest BCUT2D eigenvalue weighted by atomic mass is 35.5. The number of aliphatic hydroxyl groups excluding tert-OH is 1. The Hall–Kier alpha value is -1.85. The lowest BCUT2D eigenvalue weighted by Crippen LogP contribution is -1.95. The van der Waals surface area contributed by atoms with Crippen LogP contribution in [0, 0.1) is 10.1 Å². The molecule has 1 heterocycles. The number of aliphatic hydroxyl groups is 1. The quantitative estimate of drug-likeness (QED) is 0.524. The van der Waals surface area contributed by atoms with Gasteiger partial charge < -0.3 is 9.52 Å². The van der Waals surface area contributed by atoms with E-state index in [-0.39, 0.29) is 11.6 Å². The van der Waals surface area contributed by atoms with Gasteiger partial charge in [-0.25, -0.2) is 0 Å². The molecule has 0 aliphatic rings. The van der Waals surface area contributed by atoms with E-state index in [1.165, 1.54) is 12.1 Å². The monoisotopic (exact) mass is 267 g/mol. The number of furan rings is 1. The van der Waals surface area contributed by atoms with Crippen LogP contribution >= 0.6 is 11.6 Å². The summed E-state index contributed by atoms with van der Waals surface area (Å²) in [5.74, 6) is 0.954. The smallest absolute Gasteiger partial charge is 0.269 e. The summed E-state index contributed by atoms with van der Waals surface area (Å²) in [7, 11) is 0. The zero-order valence-electron chi connectivity index (χ0n) is 9.25. The first-order valence-corrected chi connectivity index (χ1v) is 5.74. The van der Waals surface area contributed by atoms with Crippen LogP contribution in [0.1, 0.15) is 11.9 Å². The topological polar surface area (TPSA) is 76.5 Å². The molecule has 94 valence electrons. The van der Waals surface area contributed by atoms with Crippen molar-refractivity contribution in [3.05, 3.63) is 52.3 Å². The normalized spacial score (nSPS) is 12.3. The largest absolute Gasteiger partial charge is 0.458 e. The van der Waals surface area contributed by atoms with Crippen molar-refractivity contribution in [1.29, 1.82) is 0 Å². The van der Waals surface area contributed by atoms with E-state index in [1.807, 2.05) is 0 Å². The third kappa shape index (κ3) is 2.52. The van der Waals surface area contributed by atoms with Crippen molar-refractivity contribution in [1.82, 2.24) is 0 Å². The number of rotatable bonds is 4. The summed E-state index contributed by atoms with van der Waals surface area (Å²) in [5.41, 5.74) is 0.722. The number of hydrogen-bond donors (Lipinski definition) is 1. The van der Waals surface area contributed by atoms with Gasteiger partial charge in [-0.1, -0.05) is 0 Å². The summed E-state index contributed by atoms with van der Waals surface area (Å²) < 4.78 is 5.42. The molecule has 0 radical (unpaired) electrons. The number of halogens is 1. The second kappa shape index (κ2) is 5.20. The van der Waals surface area contributed by atoms with Crippen LogP contribution in [0.15, 0.2) is 40.8 Å². The van der Waals surface area contributed by atoms with Crippen LogP contribution in [0.5, 0.6) is 0 Å². The molecule has 1 atom stereocenters. The van der Waals surface area contributed by atoms with Gasteiger partial charge in [0.15, 0.2) is 0 Å². The molecule has 5 nitrogen and oxygen atoms in total. The number of non-ortho nitro benzene ring substituents is 1. The molecule has 2 aromatic rings. The molecule has 0 amide bonds. The molecule has 1 N–H and O–H groups in total. The van der Waals surface area contributed by atoms with Crippen molar-refractivity contribution in [2.24, 2.45) is 0 Å². The molecule has 1 aromatic heterocycles. The van der Waals surface area contributed by atoms with E-state index in [0.717, 1.165) is 0 Å². The zero-order valence-corrected chi connectivity index (χ0v) is 10.0. The number of nitro benzene ring substituents is 1. The summed E-state index contributed by atoms with van der Waals surface area (Å²) >= 11 is 5.51. The van der Waals surface area contributed by atoms with Gasteiger partial charge in [0.2, 0.25) is 0 Å². The highest BCUT2D eigenvalue weighted by molar-refractivity contribution is 6.18. The number of nitrogens with zero attached hydrogens (tertiary/aromatic N) is 1. The molecule has 0 saturated carbocycles. The van der Waals surface area contributed by atoms with Crippen LogP contribution in [-0.4, -0.2) is 15.9 Å². The summed E-state index contributed by atoms with van der Waals surface area (Å²) in [6, 6.07) is 9.29. The SMILES string of the molecule is O=[N+]([O-])c1ccc(-c2ccc(C(O)CCl)o2)cc1. The Morgan fingerprint density at radius 1 is 1.28 bits per heavy atom. The highest BCUT2D eigenvalue weighted by Crippen LogP contribution is 2.27. The van der Waals surface area contributed by atoms with Gasteiger partial charge in [0.25, 0.3) is 5.69 Å². The summed E-state index contributed by atoms with van der Waals surface area (Å²) in [6.45, 7) is 0. The predicted octanol–water partition coefficient (Wildman–Crippen LogP) is 3.13. The number of alkyl halides is 1. The molecule has 0 bridgehead atoms. The fourth-order valence-electron chi connectivity index (χ4n) is 1.51. The van der Waals surface area contributed by atoms with Crippen molar-refractivity contribution in [2.75, 3.05) is 5.88 Å². The van der Waals surface area contributed by atoms with Gasteiger partial charge >= 0.3 is 0 Å². The van der Waals surface area contributed by atoms with Crippen LogP contribution in [-0.2, 0) is 0 Å². The molecule has 1 aromatic carbocycles. The van der Waals surface area contributed by atoms with Crippen LogP contribution in [0.3, 0.4) is 0 Å². The average molecular weight is 268 g/mol. The van der Waals surface area contributed by atoms with Gasteiger partial charge in [-0.3, -0.25) is 10.1 Å². The third-order valence-electron chi connectivity index (χ3n) is 2.46. The molecular weight excluding hydrogens is 258 g/mol. The summed E-state index contributed by atoms with van der Waals surface area (Å²) in [6.07, 6.45) is -0.849. The fourth-order valence-corrected chi connectivity index (χ4v) is 1.66. The van der Waals surface area contributed by atoms with E-state index in [1.54, 1.807) is 24.3 Å². The van der Waals surface area contributed by atoms with Gasteiger partial charge in [0, 0.05) is 17.7 Å². The van der Waals surface area contributed by atoms with E-state index in [2.05, 4.69) is 0 Å². The Morgan fingerprint density at radius 2 is 1.94 bits per heavy atom. The van der Waals surface area contributed by atoms with Gasteiger partial charge in [0.05, 0.1) is 10.8 Å². The first-order chi connectivity index (χ1) is 8.61. The lowest BCUT2D eigenvalue weighted by atomic mass is 10.1. The van der Waals surface area contributed by atoms with Crippen molar-refractivity contribution < 1.29 is 14.4 Å². The van der Waals surface area contributed by atoms with E-state index >= 15 is 0 Å². The Morgan fingerprint density at radius 3 is 2.50 bits per heavy atom. The van der Waals surface area contributed by atoms with Gasteiger partial charge in [-0.2, -0.15) is 0 Å². The number of benzene rings is 1. The van der Waals surface area contributed by atoms with Crippen molar-refractivity contribution >= 4 is 17.3 Å². The number of nitro groups is 1. The summed E-state index contributed by atoms with van der Waals surface area (Å²) in [5, 5.41) is 20.0. The second-order valence-electron chi connectivity index (χ2n) is 3.68. The van der Waals surface area contributed by atoms with Crippen molar-refractivity contribution in [2.45, 2.75) is 6.10 Å². The van der Waals surface area contributed by atoms with E-state index in [9.17, 15) is 15.2 Å². The molecular formula is C12H10ClNO4. The molecule has 1 unspecified atom stereocenters. The maximum Gasteiger partial charge on any atom is 0.269 e. The Kier molecular flexibility index (Phi) is 3.64. The summed E-state index contributed by atoms with van der Waals surface area (Å²) in [4.78, 5) is 10.1. The second-order valence-corrected chi connectivity index (χ2v) is 3.98. The van der Waals surface area contributed by atoms with E-state index in [4.69, 9.17) is 16.0 Å². The molecule has 6 heteroatoms. The minimum atomic E-state index is -0.849. The molecule has 2 rings (SSSR count). The first-order valence-electron chi connectivity index (χ1n) is 5.20. The predicted molar refractivity (Wildman–Crippen MR) is 66.5 cm³/mol. The van der Waals surface area contributed by atoms with Crippen molar-refractivity contribution in [3.63, 3.8) is 0 Å². The zero-order chi connectivity index (χ0) is 13.1. The molecule has 0 saturated heterocycles. The highest BCUT2D eigenvalue weighted by Gasteiger charge is 2.13. The Bertz CT molecular complexity index is 549.